The van der Waals surface area contributed by atoms with Crippen LogP contribution in [0, 0.1) is 0 Å². The van der Waals surface area contributed by atoms with E-state index in [-0.39, 0.29) is 5.91 Å². The van der Waals surface area contributed by atoms with Crippen molar-refractivity contribution in [3.63, 3.8) is 0 Å². The van der Waals surface area contributed by atoms with Crippen LogP contribution in [0.4, 0.5) is 11.5 Å². The monoisotopic (exact) mass is 408 g/mol. The summed E-state index contributed by atoms with van der Waals surface area (Å²) in [5.74, 6) is 1.36. The molecule has 2 aliphatic rings. The van der Waals surface area contributed by atoms with Gasteiger partial charge in [-0.3, -0.25) is 9.48 Å². The van der Waals surface area contributed by atoms with Crippen molar-refractivity contribution in [3.05, 3.63) is 30.6 Å². The van der Waals surface area contributed by atoms with E-state index in [0.29, 0.717) is 12.0 Å². The Bertz CT molecular complexity index is 1030. The number of anilines is 2. The molecule has 0 aromatic carbocycles. The Morgan fingerprint density at radius 3 is 2.63 bits per heavy atom. The Labute approximate surface area is 175 Å². The standard InChI is InChI=1S/C21H28N8O/c1-15(30)27-9-7-18(8-10-27)28-12-17(11-23-28)25-20-21-22-14-24-29(21)13-19(26-20)16-5-3-2-4-6-16/h11-14,16,18H,2-10H2,1H3,(H,25,26). The number of hydrogen-bond donors (Lipinski definition) is 1. The molecule has 1 saturated carbocycles. The fourth-order valence-electron chi connectivity index (χ4n) is 4.71. The third-order valence-electron chi connectivity index (χ3n) is 6.45. The lowest BCUT2D eigenvalue weighted by molar-refractivity contribution is -0.130. The van der Waals surface area contributed by atoms with E-state index < -0.39 is 0 Å². The molecule has 1 amide bonds. The fourth-order valence-corrected chi connectivity index (χ4v) is 4.71. The molecule has 30 heavy (non-hydrogen) atoms. The summed E-state index contributed by atoms with van der Waals surface area (Å²) in [6.45, 7) is 3.21. The number of aromatic nitrogens is 6. The van der Waals surface area contributed by atoms with Crippen LogP contribution in [-0.2, 0) is 4.79 Å². The van der Waals surface area contributed by atoms with E-state index in [1.54, 1.807) is 13.3 Å². The number of likely N-dealkylation sites (tertiary alicyclic amines) is 1. The average Bonchev–Trinajstić information content (AvgIpc) is 3.44. The Hall–Kier alpha value is -2.97. The van der Waals surface area contributed by atoms with Crippen molar-refractivity contribution in [1.29, 1.82) is 0 Å². The van der Waals surface area contributed by atoms with Gasteiger partial charge >= 0.3 is 0 Å². The van der Waals surface area contributed by atoms with E-state index in [2.05, 4.69) is 20.5 Å². The van der Waals surface area contributed by atoms with Gasteiger partial charge in [-0.25, -0.2) is 14.5 Å². The van der Waals surface area contributed by atoms with Crippen molar-refractivity contribution in [2.75, 3.05) is 18.4 Å². The smallest absolute Gasteiger partial charge is 0.219 e. The van der Waals surface area contributed by atoms with E-state index in [1.807, 2.05) is 32.7 Å². The van der Waals surface area contributed by atoms with Crippen molar-refractivity contribution in [3.8, 4) is 0 Å². The quantitative estimate of drug-likeness (QED) is 0.712. The first kappa shape index (κ1) is 19.0. The maximum absolute atomic E-state index is 11.5. The van der Waals surface area contributed by atoms with Crippen LogP contribution in [0.3, 0.4) is 0 Å². The second-order valence-corrected chi connectivity index (χ2v) is 8.45. The molecule has 1 N–H and O–H groups in total. The summed E-state index contributed by atoms with van der Waals surface area (Å²) < 4.78 is 3.83. The van der Waals surface area contributed by atoms with Gasteiger partial charge in [0.2, 0.25) is 5.91 Å². The summed E-state index contributed by atoms with van der Waals surface area (Å²) in [6, 6.07) is 0.311. The number of nitrogens with one attached hydrogen (secondary N) is 1. The van der Waals surface area contributed by atoms with Gasteiger partial charge in [0.1, 0.15) is 6.33 Å². The highest BCUT2D eigenvalue weighted by Crippen LogP contribution is 2.33. The second-order valence-electron chi connectivity index (χ2n) is 8.45. The normalized spacial score (nSPS) is 18.8. The Morgan fingerprint density at radius 1 is 1.07 bits per heavy atom. The number of hydrogen-bond acceptors (Lipinski definition) is 6. The number of rotatable bonds is 4. The minimum atomic E-state index is 0.150. The lowest BCUT2D eigenvalue weighted by atomic mass is 9.87. The van der Waals surface area contributed by atoms with Gasteiger partial charge in [-0.05, 0) is 25.7 Å². The fraction of sp³-hybridized carbons (Fsp3) is 0.571. The number of carbonyl (C=O) groups excluding carboxylic acids is 1. The molecule has 1 saturated heterocycles. The topological polar surface area (TPSA) is 93.2 Å². The molecular formula is C21H28N8O. The average molecular weight is 409 g/mol. The maximum atomic E-state index is 11.5. The van der Waals surface area contributed by atoms with Crippen LogP contribution < -0.4 is 5.32 Å². The zero-order chi connectivity index (χ0) is 20.5. The molecule has 1 aliphatic heterocycles. The molecule has 2 fully saturated rings. The van der Waals surface area contributed by atoms with Gasteiger partial charge in [0, 0.05) is 32.1 Å². The summed E-state index contributed by atoms with van der Waals surface area (Å²) in [6.07, 6.45) is 15.5. The number of nitrogens with zero attached hydrogens (tertiary/aromatic N) is 7. The summed E-state index contributed by atoms with van der Waals surface area (Å²) in [5, 5.41) is 12.3. The summed E-state index contributed by atoms with van der Waals surface area (Å²) in [7, 11) is 0. The molecule has 1 aliphatic carbocycles. The third-order valence-corrected chi connectivity index (χ3v) is 6.45. The van der Waals surface area contributed by atoms with Crippen LogP contribution in [0.5, 0.6) is 0 Å². The number of amides is 1. The highest BCUT2D eigenvalue weighted by molar-refractivity contribution is 5.73. The molecule has 0 bridgehead atoms. The lowest BCUT2D eigenvalue weighted by Crippen LogP contribution is -2.37. The van der Waals surface area contributed by atoms with Gasteiger partial charge in [-0.15, -0.1) is 0 Å². The first-order valence-corrected chi connectivity index (χ1v) is 10.9. The zero-order valence-electron chi connectivity index (χ0n) is 17.4. The van der Waals surface area contributed by atoms with Crippen LogP contribution in [-0.4, -0.2) is 53.3 Å². The summed E-state index contributed by atoms with van der Waals surface area (Å²) >= 11 is 0. The van der Waals surface area contributed by atoms with Crippen molar-refractivity contribution in [2.24, 2.45) is 0 Å². The summed E-state index contributed by atoms with van der Waals surface area (Å²) in [5.41, 5.74) is 2.69. The third kappa shape index (κ3) is 3.76. The van der Waals surface area contributed by atoms with Crippen LogP contribution >= 0.6 is 0 Å². The Morgan fingerprint density at radius 2 is 1.87 bits per heavy atom. The molecule has 3 aromatic heterocycles. The van der Waals surface area contributed by atoms with Crippen LogP contribution in [0.1, 0.15) is 69.5 Å². The molecule has 0 radical (unpaired) electrons. The van der Waals surface area contributed by atoms with Crippen LogP contribution in [0.2, 0.25) is 0 Å². The van der Waals surface area contributed by atoms with Gasteiger partial charge < -0.3 is 10.2 Å². The van der Waals surface area contributed by atoms with Gasteiger partial charge in [0.25, 0.3) is 0 Å². The van der Waals surface area contributed by atoms with E-state index in [9.17, 15) is 4.79 Å². The van der Waals surface area contributed by atoms with Crippen molar-refractivity contribution < 1.29 is 4.79 Å². The number of piperidine rings is 1. The molecular weight excluding hydrogens is 380 g/mol. The number of carbonyl (C=O) groups is 1. The molecule has 0 spiro atoms. The molecule has 3 aromatic rings. The van der Waals surface area contributed by atoms with E-state index in [0.717, 1.165) is 48.8 Å². The van der Waals surface area contributed by atoms with E-state index in [4.69, 9.17) is 4.98 Å². The lowest BCUT2D eigenvalue weighted by Gasteiger charge is -2.31. The molecule has 0 unspecified atom stereocenters. The van der Waals surface area contributed by atoms with Gasteiger partial charge in [0.05, 0.1) is 29.8 Å². The van der Waals surface area contributed by atoms with Gasteiger partial charge in [0.15, 0.2) is 11.5 Å². The first-order chi connectivity index (χ1) is 14.7. The molecule has 0 atom stereocenters. The predicted octanol–water partition coefficient (Wildman–Crippen LogP) is 3.30. The number of fused-ring (bicyclic) bond motifs is 1. The molecule has 4 heterocycles. The minimum absolute atomic E-state index is 0.150. The molecule has 9 heteroatoms. The van der Waals surface area contributed by atoms with Crippen molar-refractivity contribution in [2.45, 2.75) is 63.8 Å². The van der Waals surface area contributed by atoms with E-state index >= 15 is 0 Å². The highest BCUT2D eigenvalue weighted by Gasteiger charge is 2.23. The van der Waals surface area contributed by atoms with E-state index in [1.165, 1.54) is 32.1 Å². The Kier molecular flexibility index (Phi) is 5.10. The zero-order valence-corrected chi connectivity index (χ0v) is 17.4. The predicted molar refractivity (Wildman–Crippen MR) is 113 cm³/mol. The molecule has 158 valence electrons. The Balaban J connectivity index is 1.35. The minimum Gasteiger partial charge on any atom is -0.343 e. The first-order valence-electron chi connectivity index (χ1n) is 10.9. The maximum Gasteiger partial charge on any atom is 0.219 e. The van der Waals surface area contributed by atoms with Gasteiger partial charge in [-0.2, -0.15) is 10.2 Å². The van der Waals surface area contributed by atoms with Crippen molar-refractivity contribution in [1.82, 2.24) is 34.3 Å². The summed E-state index contributed by atoms with van der Waals surface area (Å²) in [4.78, 5) is 22.8. The van der Waals surface area contributed by atoms with Crippen LogP contribution in [0.25, 0.3) is 5.65 Å². The van der Waals surface area contributed by atoms with Crippen molar-refractivity contribution >= 4 is 23.1 Å². The van der Waals surface area contributed by atoms with Gasteiger partial charge in [-0.1, -0.05) is 19.3 Å². The van der Waals surface area contributed by atoms with Crippen LogP contribution in [0.15, 0.2) is 24.9 Å². The molecule has 9 nitrogen and oxygen atoms in total. The second kappa shape index (κ2) is 8.04. The SMILES string of the molecule is CC(=O)N1CCC(n2cc(Nc3nc(C4CCCCC4)cn4ncnc34)cn2)CC1. The largest absolute Gasteiger partial charge is 0.343 e. The highest BCUT2D eigenvalue weighted by atomic mass is 16.2. The molecule has 5 rings (SSSR count).